The Bertz CT molecular complexity index is 1480. The molecule has 4 aromatic carbocycles. The summed E-state index contributed by atoms with van der Waals surface area (Å²) in [7, 11) is 0. The van der Waals surface area contributed by atoms with Gasteiger partial charge in [-0.05, 0) is 57.8 Å². The van der Waals surface area contributed by atoms with Crippen LogP contribution in [-0.4, -0.2) is 11.8 Å². The zero-order valence-corrected chi connectivity index (χ0v) is 17.6. The molecular formula is C28H19N3O2. The molecule has 1 heterocycles. The summed E-state index contributed by atoms with van der Waals surface area (Å²) in [5.41, 5.74) is 5.06. The summed E-state index contributed by atoms with van der Waals surface area (Å²) in [4.78, 5) is 25.1. The predicted octanol–water partition coefficient (Wildman–Crippen LogP) is 5.30. The fraction of sp³-hybridized carbons (Fsp3) is 0.0357. The average molecular weight is 429 g/mol. The van der Waals surface area contributed by atoms with E-state index in [1.54, 1.807) is 12.3 Å². The van der Waals surface area contributed by atoms with Gasteiger partial charge < -0.3 is 5.32 Å². The third-order valence-corrected chi connectivity index (χ3v) is 5.73. The van der Waals surface area contributed by atoms with Gasteiger partial charge >= 0.3 is 0 Å². The summed E-state index contributed by atoms with van der Waals surface area (Å²) in [6, 6.07) is 29.4. The first-order chi connectivity index (χ1) is 16.1. The van der Waals surface area contributed by atoms with Crippen LogP contribution in [0.5, 0.6) is 0 Å². The van der Waals surface area contributed by atoms with Gasteiger partial charge in [0.15, 0.2) is 0 Å². The minimum absolute atomic E-state index is 0.344. The van der Waals surface area contributed by atoms with Crippen LogP contribution in [0.15, 0.2) is 91.1 Å². The molecule has 5 rings (SSSR count). The van der Waals surface area contributed by atoms with Gasteiger partial charge in [-0.25, -0.2) is 0 Å². The van der Waals surface area contributed by atoms with Crippen LogP contribution in [0, 0.1) is 11.3 Å². The van der Waals surface area contributed by atoms with Crippen molar-refractivity contribution in [1.29, 1.82) is 5.26 Å². The monoisotopic (exact) mass is 429 g/mol. The predicted molar refractivity (Wildman–Crippen MR) is 129 cm³/mol. The number of amides is 2. The molecule has 0 atom stereocenters. The highest BCUT2D eigenvalue weighted by atomic mass is 16.2. The molecule has 0 radical (unpaired) electrons. The molecule has 1 aliphatic heterocycles. The van der Waals surface area contributed by atoms with Gasteiger partial charge in [-0.15, -0.1) is 0 Å². The Labute approximate surface area is 191 Å². The van der Waals surface area contributed by atoms with E-state index in [-0.39, 0.29) is 0 Å². The molecule has 5 heteroatoms. The molecule has 0 bridgehead atoms. The molecule has 0 unspecified atom stereocenters. The fourth-order valence-corrected chi connectivity index (χ4v) is 3.98. The van der Waals surface area contributed by atoms with Gasteiger partial charge in [0.25, 0.3) is 11.8 Å². The molecule has 2 amide bonds. The molecule has 2 N–H and O–H groups in total. The third-order valence-electron chi connectivity index (χ3n) is 5.73. The maximum absolute atomic E-state index is 12.7. The van der Waals surface area contributed by atoms with Gasteiger partial charge in [0.2, 0.25) is 0 Å². The molecule has 158 valence electrons. The number of rotatable bonds is 4. The molecule has 0 aliphatic carbocycles. The van der Waals surface area contributed by atoms with E-state index in [1.807, 2.05) is 54.6 Å². The first-order valence-electron chi connectivity index (χ1n) is 10.5. The van der Waals surface area contributed by atoms with Crippen LogP contribution in [0.25, 0.3) is 27.5 Å². The largest absolute Gasteiger partial charge is 0.361 e. The van der Waals surface area contributed by atoms with E-state index >= 15 is 0 Å². The highest BCUT2D eigenvalue weighted by Gasteiger charge is 2.27. The molecule has 1 aliphatic rings. The smallest absolute Gasteiger partial charge is 0.260 e. The number of nitriles is 1. The van der Waals surface area contributed by atoms with E-state index in [2.05, 4.69) is 41.0 Å². The summed E-state index contributed by atoms with van der Waals surface area (Å²) in [6.07, 6.45) is 1.96. The number of hydrogen-bond acceptors (Lipinski definition) is 4. The summed E-state index contributed by atoms with van der Waals surface area (Å²) in [5, 5.41) is 16.6. The number of hydrogen-bond donors (Lipinski definition) is 2. The molecule has 0 spiro atoms. The molecule has 0 saturated carbocycles. The van der Waals surface area contributed by atoms with Crippen molar-refractivity contribution in [3.05, 3.63) is 108 Å². The number of fused-ring (bicyclic) bond motifs is 2. The van der Waals surface area contributed by atoms with Gasteiger partial charge in [0.05, 0.1) is 18.1 Å². The zero-order valence-electron chi connectivity index (χ0n) is 17.6. The van der Waals surface area contributed by atoms with Crippen molar-refractivity contribution in [2.24, 2.45) is 0 Å². The first-order valence-corrected chi connectivity index (χ1v) is 10.5. The van der Waals surface area contributed by atoms with Crippen molar-refractivity contribution in [2.75, 3.05) is 5.32 Å². The van der Waals surface area contributed by atoms with Gasteiger partial charge in [-0.2, -0.15) is 5.26 Å². The van der Waals surface area contributed by atoms with Crippen molar-refractivity contribution in [1.82, 2.24) is 5.32 Å². The van der Waals surface area contributed by atoms with Crippen LogP contribution in [0.4, 0.5) is 5.69 Å². The van der Waals surface area contributed by atoms with E-state index < -0.39 is 11.8 Å². The van der Waals surface area contributed by atoms with E-state index in [4.69, 9.17) is 5.26 Å². The van der Waals surface area contributed by atoms with Crippen LogP contribution >= 0.6 is 0 Å². The Balaban J connectivity index is 1.52. The molecule has 0 aromatic heterocycles. The van der Waals surface area contributed by atoms with Crippen LogP contribution < -0.4 is 10.6 Å². The van der Waals surface area contributed by atoms with Gasteiger partial charge in [0.1, 0.15) is 0 Å². The zero-order chi connectivity index (χ0) is 22.8. The van der Waals surface area contributed by atoms with Crippen LogP contribution in [0.3, 0.4) is 0 Å². The van der Waals surface area contributed by atoms with Gasteiger partial charge in [-0.3, -0.25) is 14.9 Å². The standard InChI is InChI=1S/C28H19N3O2/c29-14-13-18-5-10-23(11-6-18)30-17-26-25-16-22(9-12-24(25)27(32)31-28(26)33)21-8-7-19-3-1-2-4-20(19)15-21/h1-12,15-17,30H,13H2,(H,31,32,33)/b26-17-. The second-order valence-corrected chi connectivity index (χ2v) is 7.84. The summed E-state index contributed by atoms with van der Waals surface area (Å²) >= 11 is 0. The highest BCUT2D eigenvalue weighted by Crippen LogP contribution is 2.31. The summed E-state index contributed by atoms with van der Waals surface area (Å²) < 4.78 is 0. The Morgan fingerprint density at radius 2 is 1.52 bits per heavy atom. The Morgan fingerprint density at radius 1 is 0.788 bits per heavy atom. The van der Waals surface area contributed by atoms with E-state index in [0.717, 1.165) is 33.2 Å². The fourth-order valence-electron chi connectivity index (χ4n) is 3.98. The third kappa shape index (κ3) is 3.98. The van der Waals surface area contributed by atoms with Crippen molar-refractivity contribution < 1.29 is 9.59 Å². The number of nitrogens with zero attached hydrogens (tertiary/aromatic N) is 1. The topological polar surface area (TPSA) is 82.0 Å². The second-order valence-electron chi connectivity index (χ2n) is 7.84. The number of carbonyl (C=O) groups excluding carboxylic acids is 2. The lowest BCUT2D eigenvalue weighted by molar-refractivity contribution is -0.114. The van der Waals surface area contributed by atoms with Crippen molar-refractivity contribution in [2.45, 2.75) is 6.42 Å². The lowest BCUT2D eigenvalue weighted by Gasteiger charge is -2.19. The van der Waals surface area contributed by atoms with Crippen molar-refractivity contribution >= 4 is 33.8 Å². The molecule has 33 heavy (non-hydrogen) atoms. The van der Waals surface area contributed by atoms with E-state index in [1.165, 1.54) is 0 Å². The van der Waals surface area contributed by atoms with Crippen LogP contribution in [0.2, 0.25) is 0 Å². The minimum atomic E-state index is -0.447. The van der Waals surface area contributed by atoms with Crippen molar-refractivity contribution in [3.8, 4) is 17.2 Å². The SMILES string of the molecule is N#CCc1ccc(N/C=C2\C(=O)NC(=O)c3ccc(-c4ccc5ccccc5c4)cc32)cc1. The molecule has 5 nitrogen and oxygen atoms in total. The van der Waals surface area contributed by atoms with Crippen LogP contribution in [-0.2, 0) is 11.2 Å². The molecule has 0 fully saturated rings. The quantitative estimate of drug-likeness (QED) is 0.341. The number of benzene rings is 4. The Morgan fingerprint density at radius 3 is 2.30 bits per heavy atom. The molecule has 4 aromatic rings. The maximum atomic E-state index is 12.7. The lowest BCUT2D eigenvalue weighted by atomic mass is 9.91. The number of anilines is 1. The Hall–Kier alpha value is -4.69. The van der Waals surface area contributed by atoms with Gasteiger partial charge in [-0.1, -0.05) is 54.6 Å². The molecule has 0 saturated heterocycles. The maximum Gasteiger partial charge on any atom is 0.260 e. The first kappa shape index (κ1) is 20.2. The normalized spacial score (nSPS) is 14.0. The van der Waals surface area contributed by atoms with E-state index in [0.29, 0.717) is 23.1 Å². The number of imide groups is 1. The molecular weight excluding hydrogens is 410 g/mol. The number of nitrogens with one attached hydrogen (secondary N) is 2. The van der Waals surface area contributed by atoms with Gasteiger partial charge in [0, 0.05) is 23.0 Å². The van der Waals surface area contributed by atoms with Crippen molar-refractivity contribution in [3.63, 3.8) is 0 Å². The minimum Gasteiger partial charge on any atom is -0.361 e. The average Bonchev–Trinajstić information content (AvgIpc) is 2.84. The summed E-state index contributed by atoms with van der Waals surface area (Å²) in [5.74, 6) is -0.852. The number of carbonyl (C=O) groups is 2. The Kier molecular flexibility index (Phi) is 5.18. The highest BCUT2D eigenvalue weighted by molar-refractivity contribution is 6.31. The van der Waals surface area contributed by atoms with E-state index in [9.17, 15) is 9.59 Å². The van der Waals surface area contributed by atoms with Crippen LogP contribution in [0.1, 0.15) is 21.5 Å². The second kappa shape index (κ2) is 8.45. The lowest BCUT2D eigenvalue weighted by Crippen LogP contribution is -2.36. The summed E-state index contributed by atoms with van der Waals surface area (Å²) in [6.45, 7) is 0.